The molecule has 1 aromatic heterocycles. The molecular formula is C16H14BrN. The molecule has 3 rings (SSSR count). The molecule has 1 heterocycles. The number of aryl methyl sites for hydroxylation is 1. The van der Waals surface area contributed by atoms with Gasteiger partial charge < -0.3 is 4.57 Å². The van der Waals surface area contributed by atoms with Crippen molar-refractivity contribution in [2.24, 2.45) is 0 Å². The molecule has 0 bridgehead atoms. The Morgan fingerprint density at radius 3 is 2.39 bits per heavy atom. The lowest BCUT2D eigenvalue weighted by atomic mass is 10.2. The highest BCUT2D eigenvalue weighted by atomic mass is 79.9. The number of halogens is 1. The molecule has 0 fully saturated rings. The van der Waals surface area contributed by atoms with E-state index in [9.17, 15) is 0 Å². The van der Waals surface area contributed by atoms with Crippen LogP contribution in [0.15, 0.2) is 53.0 Å². The van der Waals surface area contributed by atoms with Crippen molar-refractivity contribution < 1.29 is 0 Å². The van der Waals surface area contributed by atoms with Gasteiger partial charge in [-0.1, -0.05) is 34.1 Å². The van der Waals surface area contributed by atoms with Gasteiger partial charge in [-0.3, -0.25) is 0 Å². The van der Waals surface area contributed by atoms with Gasteiger partial charge in [-0.05, 0) is 49.7 Å². The molecule has 0 aliphatic carbocycles. The standard InChI is InChI=1S/C16H14BrN/c1-11-12(2)18(14-6-4-3-5-7-14)16-9-8-13(17)10-15(11)16/h3-10H,1-2H3. The molecule has 0 radical (unpaired) electrons. The lowest BCUT2D eigenvalue weighted by molar-refractivity contribution is 1.04. The zero-order valence-electron chi connectivity index (χ0n) is 10.4. The minimum Gasteiger partial charge on any atom is -0.314 e. The summed E-state index contributed by atoms with van der Waals surface area (Å²) in [5.74, 6) is 0. The molecular weight excluding hydrogens is 286 g/mol. The van der Waals surface area contributed by atoms with E-state index in [1.165, 1.54) is 27.8 Å². The predicted octanol–water partition coefficient (Wildman–Crippen LogP) is 5.01. The van der Waals surface area contributed by atoms with Gasteiger partial charge in [-0.2, -0.15) is 0 Å². The van der Waals surface area contributed by atoms with E-state index in [1.54, 1.807) is 0 Å². The molecule has 0 N–H and O–H groups in total. The van der Waals surface area contributed by atoms with Crippen LogP contribution in [0.3, 0.4) is 0 Å². The Bertz CT molecular complexity index is 711. The molecule has 2 aromatic carbocycles. The van der Waals surface area contributed by atoms with Gasteiger partial charge in [0.2, 0.25) is 0 Å². The van der Waals surface area contributed by atoms with Crippen LogP contribution in [0.1, 0.15) is 11.3 Å². The summed E-state index contributed by atoms with van der Waals surface area (Å²) in [6, 6.07) is 17.0. The third kappa shape index (κ3) is 1.68. The van der Waals surface area contributed by atoms with E-state index in [-0.39, 0.29) is 0 Å². The Morgan fingerprint density at radius 2 is 1.67 bits per heavy atom. The third-order valence-electron chi connectivity index (χ3n) is 3.50. The first-order valence-electron chi connectivity index (χ1n) is 6.01. The van der Waals surface area contributed by atoms with Crippen molar-refractivity contribution in [2.75, 3.05) is 0 Å². The zero-order chi connectivity index (χ0) is 12.7. The Balaban J connectivity index is 2.40. The fourth-order valence-electron chi connectivity index (χ4n) is 2.46. The van der Waals surface area contributed by atoms with Crippen molar-refractivity contribution in [3.05, 3.63) is 64.3 Å². The number of para-hydroxylation sites is 1. The molecule has 2 heteroatoms. The molecule has 0 unspecified atom stereocenters. The lowest BCUT2D eigenvalue weighted by Gasteiger charge is -2.08. The predicted molar refractivity (Wildman–Crippen MR) is 80.4 cm³/mol. The van der Waals surface area contributed by atoms with Gasteiger partial charge in [0.05, 0.1) is 5.52 Å². The Hall–Kier alpha value is -1.54. The van der Waals surface area contributed by atoms with Gasteiger partial charge in [0, 0.05) is 21.2 Å². The molecule has 0 saturated heterocycles. The topological polar surface area (TPSA) is 4.93 Å². The normalized spacial score (nSPS) is 11.1. The summed E-state index contributed by atoms with van der Waals surface area (Å²) >= 11 is 3.55. The van der Waals surface area contributed by atoms with Gasteiger partial charge in [-0.25, -0.2) is 0 Å². The van der Waals surface area contributed by atoms with Gasteiger partial charge in [0.25, 0.3) is 0 Å². The SMILES string of the molecule is Cc1c(C)n(-c2ccccc2)c2ccc(Br)cc12. The summed E-state index contributed by atoms with van der Waals surface area (Å²) in [7, 11) is 0. The first-order valence-corrected chi connectivity index (χ1v) is 6.80. The first-order chi connectivity index (χ1) is 8.68. The van der Waals surface area contributed by atoms with E-state index in [2.05, 4.69) is 76.8 Å². The van der Waals surface area contributed by atoms with Crippen molar-refractivity contribution in [1.29, 1.82) is 0 Å². The second-order valence-corrected chi connectivity index (χ2v) is 5.46. The fourth-order valence-corrected chi connectivity index (χ4v) is 2.82. The van der Waals surface area contributed by atoms with Crippen LogP contribution in [-0.2, 0) is 0 Å². The van der Waals surface area contributed by atoms with Crippen molar-refractivity contribution in [1.82, 2.24) is 4.57 Å². The van der Waals surface area contributed by atoms with Crippen LogP contribution in [0, 0.1) is 13.8 Å². The molecule has 0 aliphatic heterocycles. The lowest BCUT2D eigenvalue weighted by Crippen LogP contribution is -1.95. The van der Waals surface area contributed by atoms with Crippen molar-refractivity contribution in [3.8, 4) is 5.69 Å². The molecule has 0 saturated carbocycles. The summed E-state index contributed by atoms with van der Waals surface area (Å²) in [6.45, 7) is 4.36. The second kappa shape index (κ2) is 4.29. The first kappa shape index (κ1) is 11.5. The van der Waals surface area contributed by atoms with Crippen molar-refractivity contribution in [2.45, 2.75) is 13.8 Å². The molecule has 0 aliphatic rings. The fraction of sp³-hybridized carbons (Fsp3) is 0.125. The van der Waals surface area contributed by atoms with Gasteiger partial charge in [0.1, 0.15) is 0 Å². The molecule has 3 aromatic rings. The van der Waals surface area contributed by atoms with Gasteiger partial charge >= 0.3 is 0 Å². The zero-order valence-corrected chi connectivity index (χ0v) is 12.0. The van der Waals surface area contributed by atoms with Crippen molar-refractivity contribution >= 4 is 26.8 Å². The maximum atomic E-state index is 3.55. The van der Waals surface area contributed by atoms with Gasteiger partial charge in [-0.15, -0.1) is 0 Å². The van der Waals surface area contributed by atoms with Crippen LogP contribution < -0.4 is 0 Å². The van der Waals surface area contributed by atoms with Crippen LogP contribution in [0.5, 0.6) is 0 Å². The molecule has 0 spiro atoms. The highest BCUT2D eigenvalue weighted by molar-refractivity contribution is 9.10. The number of hydrogen-bond acceptors (Lipinski definition) is 0. The summed E-state index contributed by atoms with van der Waals surface area (Å²) in [5, 5.41) is 1.31. The Morgan fingerprint density at radius 1 is 0.944 bits per heavy atom. The number of nitrogens with zero attached hydrogens (tertiary/aromatic N) is 1. The van der Waals surface area contributed by atoms with Crippen LogP contribution in [-0.4, -0.2) is 4.57 Å². The number of rotatable bonds is 1. The van der Waals surface area contributed by atoms with Crippen LogP contribution in [0.25, 0.3) is 16.6 Å². The Labute approximate surface area is 115 Å². The minimum absolute atomic E-state index is 1.13. The highest BCUT2D eigenvalue weighted by Gasteiger charge is 2.11. The summed E-state index contributed by atoms with van der Waals surface area (Å²) in [6.07, 6.45) is 0. The van der Waals surface area contributed by atoms with Crippen LogP contribution in [0.4, 0.5) is 0 Å². The molecule has 0 atom stereocenters. The summed E-state index contributed by atoms with van der Waals surface area (Å²) in [5.41, 5.74) is 5.12. The van der Waals surface area contributed by atoms with Crippen LogP contribution in [0.2, 0.25) is 0 Å². The van der Waals surface area contributed by atoms with E-state index in [4.69, 9.17) is 0 Å². The highest BCUT2D eigenvalue weighted by Crippen LogP contribution is 2.30. The van der Waals surface area contributed by atoms with E-state index in [1.807, 2.05) is 6.07 Å². The number of aromatic nitrogens is 1. The van der Waals surface area contributed by atoms with E-state index >= 15 is 0 Å². The Kier molecular flexibility index (Phi) is 2.75. The molecule has 0 amide bonds. The van der Waals surface area contributed by atoms with Crippen LogP contribution >= 0.6 is 15.9 Å². The number of benzene rings is 2. The maximum absolute atomic E-state index is 3.55. The van der Waals surface area contributed by atoms with Crippen molar-refractivity contribution in [3.63, 3.8) is 0 Å². The summed E-state index contributed by atoms with van der Waals surface area (Å²) in [4.78, 5) is 0. The number of fused-ring (bicyclic) bond motifs is 1. The molecule has 18 heavy (non-hydrogen) atoms. The average molecular weight is 300 g/mol. The number of hydrogen-bond donors (Lipinski definition) is 0. The quantitative estimate of drug-likeness (QED) is 0.595. The minimum atomic E-state index is 1.13. The van der Waals surface area contributed by atoms with E-state index in [0.717, 1.165) is 4.47 Å². The van der Waals surface area contributed by atoms with Gasteiger partial charge in [0.15, 0.2) is 0 Å². The van der Waals surface area contributed by atoms with E-state index < -0.39 is 0 Å². The monoisotopic (exact) mass is 299 g/mol. The third-order valence-corrected chi connectivity index (χ3v) is 3.99. The average Bonchev–Trinajstić information content (AvgIpc) is 2.64. The smallest absolute Gasteiger partial charge is 0.0534 e. The molecule has 1 nitrogen and oxygen atoms in total. The second-order valence-electron chi connectivity index (χ2n) is 4.54. The molecule has 90 valence electrons. The van der Waals surface area contributed by atoms with E-state index in [0.29, 0.717) is 0 Å². The summed E-state index contributed by atoms with van der Waals surface area (Å²) < 4.78 is 3.44. The maximum Gasteiger partial charge on any atom is 0.0534 e. The largest absolute Gasteiger partial charge is 0.314 e.